The molecule has 0 heterocycles. The van der Waals surface area contributed by atoms with E-state index in [9.17, 15) is 12.6 Å². The average Bonchev–Trinajstić information content (AvgIpc) is 0.811. The van der Waals surface area contributed by atoms with Crippen LogP contribution in [-0.2, 0) is 22.4 Å². The quantitative estimate of drug-likeness (QED) is 0.411. The first-order valence-corrected chi connectivity index (χ1v) is 1.52. The second kappa shape index (κ2) is 4.96. The Morgan fingerprint density at radius 2 is 1.00 bits per heavy atom. The SMILES string of the molecule is FP(F)F.[Ag]. The Kier molecular flexibility index (Phi) is 9.28. The first-order chi connectivity index (χ1) is 1.73. The van der Waals surface area contributed by atoms with Crippen molar-refractivity contribution < 1.29 is 35.0 Å². The third-order valence-corrected chi connectivity index (χ3v) is 0. The van der Waals surface area contributed by atoms with Crippen LogP contribution in [0.15, 0.2) is 0 Å². The van der Waals surface area contributed by atoms with Gasteiger partial charge in [0.25, 0.3) is 0 Å². The van der Waals surface area contributed by atoms with Gasteiger partial charge in [0, 0.05) is 22.4 Å². The molecule has 0 aromatic heterocycles. The van der Waals surface area contributed by atoms with Gasteiger partial charge in [0.2, 0.25) is 0 Å². The fourth-order valence-electron chi connectivity index (χ4n) is 0. The van der Waals surface area contributed by atoms with Crippen LogP contribution in [0.3, 0.4) is 0 Å². The first kappa shape index (κ1) is 9.35. The fourth-order valence-corrected chi connectivity index (χ4v) is 0. The van der Waals surface area contributed by atoms with Crippen molar-refractivity contribution in [2.45, 2.75) is 0 Å². The van der Waals surface area contributed by atoms with Crippen LogP contribution in [0.1, 0.15) is 0 Å². The van der Waals surface area contributed by atoms with Gasteiger partial charge in [-0.2, -0.15) is 12.6 Å². The number of hydrogen-bond acceptors (Lipinski definition) is 0. The summed E-state index contributed by atoms with van der Waals surface area (Å²) in [5, 5.41) is 0. The van der Waals surface area contributed by atoms with Gasteiger partial charge in [-0.15, -0.1) is 0 Å². The van der Waals surface area contributed by atoms with E-state index in [4.69, 9.17) is 0 Å². The molecule has 0 rings (SSSR count). The molecule has 0 saturated heterocycles. The van der Waals surface area contributed by atoms with Gasteiger partial charge >= 0.3 is 8.85 Å². The van der Waals surface area contributed by atoms with Crippen molar-refractivity contribution >= 4 is 8.85 Å². The van der Waals surface area contributed by atoms with Crippen molar-refractivity contribution in [3.63, 3.8) is 0 Å². The molecule has 0 unspecified atom stereocenters. The van der Waals surface area contributed by atoms with Gasteiger partial charge < -0.3 is 0 Å². The van der Waals surface area contributed by atoms with Crippen molar-refractivity contribution in [1.29, 1.82) is 0 Å². The fraction of sp³-hybridized carbons (Fsp3) is 0. The van der Waals surface area contributed by atoms with Gasteiger partial charge in [-0.3, -0.25) is 0 Å². The predicted octanol–water partition coefficient (Wildman–Crippen LogP) is 2.12. The zero-order valence-electron chi connectivity index (χ0n) is 1.88. The van der Waals surface area contributed by atoms with Crippen molar-refractivity contribution in [2.75, 3.05) is 0 Å². The van der Waals surface area contributed by atoms with Gasteiger partial charge in [0.05, 0.1) is 0 Å². The first-order valence-electron chi connectivity index (χ1n) is 0.507. The monoisotopic (exact) mass is 195 g/mol. The van der Waals surface area contributed by atoms with E-state index in [0.29, 0.717) is 0 Å². The van der Waals surface area contributed by atoms with Crippen molar-refractivity contribution in [1.82, 2.24) is 0 Å². The van der Waals surface area contributed by atoms with E-state index in [-0.39, 0.29) is 22.4 Å². The molecule has 37 valence electrons. The molecule has 0 bridgehead atoms. The molecule has 0 fully saturated rings. The molecule has 0 aromatic carbocycles. The topological polar surface area (TPSA) is 0 Å². The molecule has 0 aliphatic heterocycles. The molecular weight excluding hydrogens is 196 g/mol. The molecule has 0 nitrogen and oxygen atoms in total. The summed E-state index contributed by atoms with van der Waals surface area (Å²) in [4.78, 5) is 0. The van der Waals surface area contributed by atoms with Crippen LogP contribution in [0.2, 0.25) is 0 Å². The van der Waals surface area contributed by atoms with E-state index in [0.717, 1.165) is 0 Å². The molecule has 0 spiro atoms. The standard InChI is InChI=1S/Ag.F3P/c;1-4(2)3. The Bertz CT molecular complexity index is 11.6. The Morgan fingerprint density at radius 1 is 1.00 bits per heavy atom. The van der Waals surface area contributed by atoms with E-state index in [1.807, 2.05) is 0 Å². The maximum absolute atomic E-state index is 9.73. The minimum Gasteiger partial charge on any atom is -0.152 e. The molecule has 0 N–H and O–H groups in total. The van der Waals surface area contributed by atoms with Crippen molar-refractivity contribution in [2.24, 2.45) is 0 Å². The summed E-state index contributed by atoms with van der Waals surface area (Å²) in [6.07, 6.45) is 0. The Labute approximate surface area is 44.4 Å². The van der Waals surface area contributed by atoms with Crippen LogP contribution in [0.5, 0.6) is 0 Å². The summed E-state index contributed by atoms with van der Waals surface area (Å²) in [5.41, 5.74) is 0. The van der Waals surface area contributed by atoms with E-state index in [1.165, 1.54) is 0 Å². The molecule has 0 aliphatic carbocycles. The van der Waals surface area contributed by atoms with E-state index < -0.39 is 8.85 Å². The summed E-state index contributed by atoms with van der Waals surface area (Å²) >= 11 is 0. The van der Waals surface area contributed by atoms with Crippen LogP contribution < -0.4 is 0 Å². The predicted molar refractivity (Wildman–Crippen MR) is 10.2 cm³/mol. The van der Waals surface area contributed by atoms with Gasteiger partial charge in [-0.25, -0.2) is 0 Å². The molecule has 0 aliphatic rings. The minimum atomic E-state index is -4.12. The van der Waals surface area contributed by atoms with E-state index in [2.05, 4.69) is 0 Å². The van der Waals surface area contributed by atoms with Crippen LogP contribution in [-0.4, -0.2) is 0 Å². The van der Waals surface area contributed by atoms with Crippen LogP contribution in [0.25, 0.3) is 0 Å². The van der Waals surface area contributed by atoms with Gasteiger partial charge in [0.15, 0.2) is 0 Å². The third kappa shape index (κ3) is 47.1. The number of hydrogen-bond donors (Lipinski definition) is 0. The molecule has 5 heavy (non-hydrogen) atoms. The number of rotatable bonds is 0. The summed E-state index contributed by atoms with van der Waals surface area (Å²) < 4.78 is 29.2. The third-order valence-electron chi connectivity index (χ3n) is 0. The minimum absolute atomic E-state index is 0. The summed E-state index contributed by atoms with van der Waals surface area (Å²) in [6, 6.07) is 0. The zero-order chi connectivity index (χ0) is 3.58. The molecule has 5 heteroatoms. The molecule has 0 atom stereocenters. The van der Waals surface area contributed by atoms with E-state index >= 15 is 0 Å². The second-order valence-electron chi connectivity index (χ2n) is 0.192. The van der Waals surface area contributed by atoms with Gasteiger partial charge in [0.1, 0.15) is 0 Å². The van der Waals surface area contributed by atoms with Gasteiger partial charge in [-0.05, 0) is 0 Å². The molecule has 0 aromatic rings. The Morgan fingerprint density at radius 3 is 1.00 bits per heavy atom. The number of halogens is 3. The smallest absolute Gasteiger partial charge is 0.152 e. The van der Waals surface area contributed by atoms with Crippen LogP contribution in [0, 0.1) is 0 Å². The summed E-state index contributed by atoms with van der Waals surface area (Å²) in [6.45, 7) is 0. The molecule has 1 radical (unpaired) electrons. The summed E-state index contributed by atoms with van der Waals surface area (Å²) in [5.74, 6) is 0. The molecule has 0 saturated carbocycles. The van der Waals surface area contributed by atoms with Crippen molar-refractivity contribution in [3.05, 3.63) is 0 Å². The zero-order valence-corrected chi connectivity index (χ0v) is 4.26. The Balaban J connectivity index is 0. The maximum atomic E-state index is 9.73. The second-order valence-corrected chi connectivity index (χ2v) is 0.575. The Hall–Kier alpha value is 0.960. The molecule has 0 amide bonds. The summed E-state index contributed by atoms with van der Waals surface area (Å²) in [7, 11) is -4.12. The van der Waals surface area contributed by atoms with Crippen LogP contribution >= 0.6 is 8.85 Å². The van der Waals surface area contributed by atoms with Crippen LogP contribution in [0.4, 0.5) is 12.6 Å². The normalized spacial score (nSPS) is 7.20. The average molecular weight is 196 g/mol. The maximum Gasteiger partial charge on any atom is 0.456 e. The van der Waals surface area contributed by atoms with Gasteiger partial charge in [-0.1, -0.05) is 0 Å². The van der Waals surface area contributed by atoms with Crippen molar-refractivity contribution in [3.8, 4) is 0 Å². The molecular formula is AgF3P. The largest absolute Gasteiger partial charge is 0.456 e. The van der Waals surface area contributed by atoms with E-state index in [1.54, 1.807) is 0 Å².